The van der Waals surface area contributed by atoms with Crippen LogP contribution in [0.1, 0.15) is 43.5 Å². The van der Waals surface area contributed by atoms with Crippen molar-refractivity contribution in [1.82, 2.24) is 0 Å². The van der Waals surface area contributed by atoms with E-state index in [1.165, 1.54) is 12.8 Å². The normalized spacial score (nSPS) is 14.9. The minimum Gasteiger partial charge on any atom is -0.494 e. The second-order valence-electron chi connectivity index (χ2n) is 7.17. The number of benzene rings is 2. The van der Waals surface area contributed by atoms with E-state index >= 15 is 0 Å². The summed E-state index contributed by atoms with van der Waals surface area (Å²) < 4.78 is 5.60. The first-order chi connectivity index (χ1) is 13.1. The van der Waals surface area contributed by atoms with Crippen LogP contribution in [0.5, 0.6) is 5.75 Å². The van der Waals surface area contributed by atoms with Crippen molar-refractivity contribution < 1.29 is 9.53 Å². The van der Waals surface area contributed by atoms with Crippen LogP contribution in [0.15, 0.2) is 42.5 Å². The third-order valence-electron chi connectivity index (χ3n) is 4.90. The van der Waals surface area contributed by atoms with Crippen LogP contribution >= 0.6 is 11.6 Å². The van der Waals surface area contributed by atoms with Crippen LogP contribution < -0.4 is 15.0 Å². The maximum Gasteiger partial charge on any atom is 0.255 e. The van der Waals surface area contributed by atoms with Gasteiger partial charge in [-0.1, -0.05) is 31.5 Å². The van der Waals surface area contributed by atoms with Crippen LogP contribution in [-0.2, 0) is 0 Å². The molecule has 2 aromatic rings. The molecule has 0 saturated carbocycles. The molecule has 1 saturated heterocycles. The first-order valence-corrected chi connectivity index (χ1v) is 10.0. The smallest absolute Gasteiger partial charge is 0.255 e. The van der Waals surface area contributed by atoms with Crippen molar-refractivity contribution in [3.63, 3.8) is 0 Å². The predicted molar refractivity (Wildman–Crippen MR) is 112 cm³/mol. The number of amides is 1. The molecule has 5 heteroatoms. The van der Waals surface area contributed by atoms with Gasteiger partial charge >= 0.3 is 0 Å². The molecule has 1 heterocycles. The van der Waals surface area contributed by atoms with Gasteiger partial charge in [-0.15, -0.1) is 0 Å². The molecule has 0 bridgehead atoms. The molecule has 4 nitrogen and oxygen atoms in total. The fourth-order valence-electron chi connectivity index (χ4n) is 3.24. The fourth-order valence-corrected chi connectivity index (χ4v) is 3.54. The average molecular weight is 387 g/mol. The fraction of sp³-hybridized carbons (Fsp3) is 0.409. The summed E-state index contributed by atoms with van der Waals surface area (Å²) in [6.07, 6.45) is 3.30. The van der Waals surface area contributed by atoms with Gasteiger partial charge in [-0.3, -0.25) is 4.79 Å². The number of halogens is 1. The van der Waals surface area contributed by atoms with E-state index in [1.54, 1.807) is 12.1 Å². The molecule has 2 aromatic carbocycles. The molecule has 0 spiro atoms. The van der Waals surface area contributed by atoms with Crippen molar-refractivity contribution in [2.75, 3.05) is 29.9 Å². The quantitative estimate of drug-likeness (QED) is 0.700. The highest BCUT2D eigenvalue weighted by molar-refractivity contribution is 6.33. The summed E-state index contributed by atoms with van der Waals surface area (Å²) in [6, 6.07) is 13.0. The molecule has 1 aliphatic rings. The lowest BCUT2D eigenvalue weighted by molar-refractivity contribution is 0.102. The number of piperidine rings is 1. The van der Waals surface area contributed by atoms with Crippen molar-refractivity contribution >= 4 is 28.9 Å². The SMILES string of the molecule is CCCOc1cccc(C(=O)Nc2ccc(N3CCC(C)CC3)c(Cl)c2)c1. The van der Waals surface area contributed by atoms with Crippen LogP contribution in [0.3, 0.4) is 0 Å². The molecular formula is C22H27ClN2O2. The second kappa shape index (κ2) is 9.14. The molecular weight excluding hydrogens is 360 g/mol. The van der Waals surface area contributed by atoms with Crippen molar-refractivity contribution in [1.29, 1.82) is 0 Å². The van der Waals surface area contributed by atoms with Crippen molar-refractivity contribution in [3.05, 3.63) is 53.1 Å². The molecule has 27 heavy (non-hydrogen) atoms. The van der Waals surface area contributed by atoms with E-state index in [-0.39, 0.29) is 5.91 Å². The summed E-state index contributed by atoms with van der Waals surface area (Å²) in [5.41, 5.74) is 2.30. The molecule has 0 aliphatic carbocycles. The molecule has 144 valence electrons. The number of hydrogen-bond acceptors (Lipinski definition) is 3. The number of anilines is 2. The zero-order valence-corrected chi connectivity index (χ0v) is 16.8. The summed E-state index contributed by atoms with van der Waals surface area (Å²) in [5.74, 6) is 1.31. The minimum absolute atomic E-state index is 0.174. The Labute approximate surface area is 166 Å². The Morgan fingerprint density at radius 3 is 2.70 bits per heavy atom. The van der Waals surface area contributed by atoms with Crippen LogP contribution in [0, 0.1) is 5.92 Å². The molecule has 3 rings (SSSR count). The number of carbonyl (C=O) groups is 1. The number of carbonyl (C=O) groups excluding carboxylic acids is 1. The van der Waals surface area contributed by atoms with E-state index in [9.17, 15) is 4.79 Å². The molecule has 1 N–H and O–H groups in total. The molecule has 0 aromatic heterocycles. The zero-order chi connectivity index (χ0) is 19.2. The predicted octanol–water partition coefficient (Wildman–Crippen LogP) is 5.62. The molecule has 1 aliphatic heterocycles. The first kappa shape index (κ1) is 19.6. The van der Waals surface area contributed by atoms with Gasteiger partial charge in [-0.2, -0.15) is 0 Å². The number of nitrogens with zero attached hydrogens (tertiary/aromatic N) is 1. The van der Waals surface area contributed by atoms with Crippen molar-refractivity contribution in [3.8, 4) is 5.75 Å². The van der Waals surface area contributed by atoms with Crippen molar-refractivity contribution in [2.24, 2.45) is 5.92 Å². The number of nitrogens with one attached hydrogen (secondary N) is 1. The lowest BCUT2D eigenvalue weighted by atomic mass is 9.99. The molecule has 0 unspecified atom stereocenters. The number of rotatable bonds is 6. The lowest BCUT2D eigenvalue weighted by Crippen LogP contribution is -2.32. The average Bonchev–Trinajstić information content (AvgIpc) is 2.67. The monoisotopic (exact) mass is 386 g/mol. The molecule has 0 radical (unpaired) electrons. The number of ether oxygens (including phenoxy) is 1. The van der Waals surface area contributed by atoms with Crippen LogP contribution in [0.25, 0.3) is 0 Å². The Bertz CT molecular complexity index is 786. The van der Waals surface area contributed by atoms with Gasteiger partial charge in [0.05, 0.1) is 17.3 Å². The van der Waals surface area contributed by atoms with Gasteiger partial charge in [0.25, 0.3) is 5.91 Å². The van der Waals surface area contributed by atoms with E-state index in [0.717, 1.165) is 31.1 Å². The summed E-state index contributed by atoms with van der Waals surface area (Å²) in [7, 11) is 0. The minimum atomic E-state index is -0.174. The molecule has 0 atom stereocenters. The largest absolute Gasteiger partial charge is 0.494 e. The third-order valence-corrected chi connectivity index (χ3v) is 5.20. The Kier molecular flexibility index (Phi) is 6.62. The Hall–Kier alpha value is -2.20. The molecule has 1 amide bonds. The lowest BCUT2D eigenvalue weighted by Gasteiger charge is -2.32. The van der Waals surface area contributed by atoms with Gasteiger partial charge in [0.15, 0.2) is 0 Å². The van der Waals surface area contributed by atoms with E-state index in [4.69, 9.17) is 16.3 Å². The summed E-state index contributed by atoms with van der Waals surface area (Å²) in [5, 5.41) is 3.59. The first-order valence-electron chi connectivity index (χ1n) is 9.65. The van der Waals surface area contributed by atoms with Gasteiger partial charge in [0, 0.05) is 24.3 Å². The Morgan fingerprint density at radius 2 is 2.00 bits per heavy atom. The van der Waals surface area contributed by atoms with E-state index in [1.807, 2.05) is 30.3 Å². The maximum atomic E-state index is 12.6. The highest BCUT2D eigenvalue weighted by atomic mass is 35.5. The van der Waals surface area contributed by atoms with Gasteiger partial charge in [0.2, 0.25) is 0 Å². The third kappa shape index (κ3) is 5.16. The van der Waals surface area contributed by atoms with Crippen LogP contribution in [0.2, 0.25) is 5.02 Å². The Balaban J connectivity index is 1.67. The summed E-state index contributed by atoms with van der Waals surface area (Å²) >= 11 is 6.50. The van der Waals surface area contributed by atoms with Gasteiger partial charge in [-0.05, 0) is 61.6 Å². The van der Waals surface area contributed by atoms with E-state index < -0.39 is 0 Å². The zero-order valence-electron chi connectivity index (χ0n) is 16.0. The van der Waals surface area contributed by atoms with Crippen molar-refractivity contribution in [2.45, 2.75) is 33.1 Å². The summed E-state index contributed by atoms with van der Waals surface area (Å²) in [6.45, 7) is 7.03. The van der Waals surface area contributed by atoms with E-state index in [0.29, 0.717) is 28.6 Å². The maximum absolute atomic E-state index is 12.6. The summed E-state index contributed by atoms with van der Waals surface area (Å²) in [4.78, 5) is 14.9. The van der Waals surface area contributed by atoms with Crippen LogP contribution in [0.4, 0.5) is 11.4 Å². The van der Waals surface area contributed by atoms with Gasteiger partial charge < -0.3 is 15.0 Å². The second-order valence-corrected chi connectivity index (χ2v) is 7.57. The number of hydrogen-bond donors (Lipinski definition) is 1. The van der Waals surface area contributed by atoms with Gasteiger partial charge in [-0.25, -0.2) is 0 Å². The van der Waals surface area contributed by atoms with Gasteiger partial charge in [0.1, 0.15) is 5.75 Å². The van der Waals surface area contributed by atoms with E-state index in [2.05, 4.69) is 24.1 Å². The standard InChI is InChI=1S/C22H27ClN2O2/c1-3-13-27-19-6-4-5-17(14-19)22(26)24-18-7-8-21(20(23)15-18)25-11-9-16(2)10-12-25/h4-8,14-16H,3,9-13H2,1-2H3,(H,24,26). The molecule has 1 fully saturated rings. The Morgan fingerprint density at radius 1 is 1.22 bits per heavy atom. The highest BCUT2D eigenvalue weighted by Crippen LogP contribution is 2.32. The van der Waals surface area contributed by atoms with Crippen LogP contribution in [-0.4, -0.2) is 25.6 Å². The topological polar surface area (TPSA) is 41.6 Å². The highest BCUT2D eigenvalue weighted by Gasteiger charge is 2.18.